The van der Waals surface area contributed by atoms with Gasteiger partial charge in [-0.1, -0.05) is 12.1 Å². The maximum atomic E-state index is 14.0. The largest absolute Gasteiger partial charge is 0.467 e. The molecule has 3 heterocycles. The van der Waals surface area contributed by atoms with E-state index in [4.69, 9.17) is 9.72 Å². The summed E-state index contributed by atoms with van der Waals surface area (Å²) in [7, 11) is 1.51. The van der Waals surface area contributed by atoms with Crippen LogP contribution in [0.4, 0.5) is 5.82 Å². The zero-order valence-corrected chi connectivity index (χ0v) is 20.2. The van der Waals surface area contributed by atoms with Gasteiger partial charge in [-0.15, -0.1) is 0 Å². The average molecular weight is 491 g/mol. The molecule has 0 spiro atoms. The Morgan fingerprint density at radius 2 is 1.92 bits per heavy atom. The van der Waals surface area contributed by atoms with E-state index >= 15 is 0 Å². The van der Waals surface area contributed by atoms with Gasteiger partial charge in [-0.05, 0) is 49.6 Å². The Labute approximate surface area is 211 Å². The smallest absolute Gasteiger partial charge is 0.316 e. The molecule has 0 bridgehead atoms. The van der Waals surface area contributed by atoms with Crippen molar-refractivity contribution in [2.45, 2.75) is 31.8 Å². The molecule has 2 aromatic carbocycles. The molecule has 1 N–H and O–H groups in total. The highest BCUT2D eigenvalue weighted by molar-refractivity contribution is 5.94. The van der Waals surface area contributed by atoms with E-state index in [1.165, 1.54) is 13.4 Å². The molecule has 10 nitrogen and oxygen atoms in total. The second kappa shape index (κ2) is 8.95. The van der Waals surface area contributed by atoms with E-state index in [1.807, 2.05) is 25.1 Å². The summed E-state index contributed by atoms with van der Waals surface area (Å²) in [5, 5.41) is 14.0. The molecule has 10 heteroatoms. The van der Waals surface area contributed by atoms with Crippen LogP contribution in [0, 0.1) is 11.3 Å². The van der Waals surface area contributed by atoms with E-state index in [2.05, 4.69) is 31.3 Å². The molecule has 1 unspecified atom stereocenters. The Bertz CT molecular complexity index is 1750. The lowest BCUT2D eigenvalue weighted by molar-refractivity contribution is 0.380. The van der Waals surface area contributed by atoms with Crippen LogP contribution in [0.25, 0.3) is 32.9 Å². The summed E-state index contributed by atoms with van der Waals surface area (Å²) < 4.78 is 6.88. The van der Waals surface area contributed by atoms with E-state index in [-0.39, 0.29) is 23.7 Å². The number of nitriles is 1. The third-order valence-corrected chi connectivity index (χ3v) is 6.50. The molecular weight excluding hydrogens is 468 g/mol. The standard InChI is InChI=1S/C27H22N8O2/c1-15(33-24-20-10-16(11-28)6-9-21(20)31-14-32-24)25-34-22-5-3-4-19(17-12-29-27(37-2)30-13-17)23(22)26(36)35(25)18-7-8-18/h3-6,9-10,12-15,18H,7-8H2,1-2H3,(H,31,32,33). The minimum atomic E-state index is -0.338. The number of hydrogen-bond donors (Lipinski definition) is 1. The summed E-state index contributed by atoms with van der Waals surface area (Å²) in [6.07, 6.45) is 6.62. The van der Waals surface area contributed by atoms with Crippen LogP contribution in [0.3, 0.4) is 0 Å². The molecule has 1 aliphatic rings. The molecule has 5 aromatic rings. The van der Waals surface area contributed by atoms with E-state index in [9.17, 15) is 10.1 Å². The molecule has 1 aliphatic carbocycles. The molecule has 37 heavy (non-hydrogen) atoms. The Morgan fingerprint density at radius 3 is 2.65 bits per heavy atom. The summed E-state index contributed by atoms with van der Waals surface area (Å²) in [6.45, 7) is 1.95. The van der Waals surface area contributed by atoms with Crippen molar-refractivity contribution in [3.63, 3.8) is 0 Å². The molecule has 0 saturated heterocycles. The van der Waals surface area contributed by atoms with E-state index in [0.29, 0.717) is 33.7 Å². The molecule has 0 amide bonds. The number of ether oxygens (including phenoxy) is 1. The molecule has 0 aliphatic heterocycles. The van der Waals surface area contributed by atoms with Crippen molar-refractivity contribution < 1.29 is 4.74 Å². The van der Waals surface area contributed by atoms with Crippen LogP contribution in [0.2, 0.25) is 0 Å². The number of nitrogens with zero attached hydrogens (tertiary/aromatic N) is 7. The monoisotopic (exact) mass is 490 g/mol. The van der Waals surface area contributed by atoms with Crippen LogP contribution < -0.4 is 15.6 Å². The minimum absolute atomic E-state index is 0.0937. The Balaban J connectivity index is 1.47. The van der Waals surface area contributed by atoms with Crippen molar-refractivity contribution in [3.05, 3.63) is 76.9 Å². The first-order valence-corrected chi connectivity index (χ1v) is 11.9. The van der Waals surface area contributed by atoms with Gasteiger partial charge in [-0.3, -0.25) is 9.36 Å². The summed E-state index contributed by atoms with van der Waals surface area (Å²) in [4.78, 5) is 36.1. The summed E-state index contributed by atoms with van der Waals surface area (Å²) in [5.74, 6) is 1.21. The number of anilines is 1. The zero-order chi connectivity index (χ0) is 25.5. The molecule has 3 aromatic heterocycles. The summed E-state index contributed by atoms with van der Waals surface area (Å²) in [6, 6.07) is 13.1. The first-order chi connectivity index (χ1) is 18.1. The van der Waals surface area contributed by atoms with E-state index < -0.39 is 0 Å². The molecule has 0 radical (unpaired) electrons. The predicted octanol–water partition coefficient (Wildman–Crippen LogP) is 4.18. The summed E-state index contributed by atoms with van der Waals surface area (Å²) in [5.41, 5.74) is 3.19. The topological polar surface area (TPSA) is 132 Å². The van der Waals surface area contributed by atoms with Gasteiger partial charge < -0.3 is 10.1 Å². The quantitative estimate of drug-likeness (QED) is 0.372. The van der Waals surface area contributed by atoms with Gasteiger partial charge in [0.15, 0.2) is 0 Å². The molecule has 6 rings (SSSR count). The maximum absolute atomic E-state index is 14.0. The molecule has 1 saturated carbocycles. The first-order valence-electron chi connectivity index (χ1n) is 11.9. The van der Waals surface area contributed by atoms with Crippen LogP contribution in [0.15, 0.2) is 59.9 Å². The van der Waals surface area contributed by atoms with Crippen molar-refractivity contribution in [2.75, 3.05) is 12.4 Å². The maximum Gasteiger partial charge on any atom is 0.316 e. The first kappa shape index (κ1) is 22.5. The fourth-order valence-electron chi connectivity index (χ4n) is 4.56. The van der Waals surface area contributed by atoms with Crippen LogP contribution in [0.1, 0.15) is 43.2 Å². The van der Waals surface area contributed by atoms with Crippen LogP contribution in [-0.4, -0.2) is 36.6 Å². The Kier molecular flexibility index (Phi) is 5.45. The van der Waals surface area contributed by atoms with Crippen molar-refractivity contribution >= 4 is 27.6 Å². The molecular formula is C27H22N8O2. The lowest BCUT2D eigenvalue weighted by atomic mass is 10.0. The normalized spacial score (nSPS) is 13.9. The SMILES string of the molecule is COc1ncc(-c2cccc3nc(C(C)Nc4ncnc5ccc(C#N)cc45)n(C4CC4)c(=O)c23)cn1. The highest BCUT2D eigenvalue weighted by Crippen LogP contribution is 2.37. The van der Waals surface area contributed by atoms with Crippen molar-refractivity contribution in [2.24, 2.45) is 0 Å². The van der Waals surface area contributed by atoms with Crippen LogP contribution in [-0.2, 0) is 0 Å². The van der Waals surface area contributed by atoms with Gasteiger partial charge in [0.25, 0.3) is 5.56 Å². The number of hydrogen-bond acceptors (Lipinski definition) is 9. The zero-order valence-electron chi connectivity index (χ0n) is 20.2. The Hall–Kier alpha value is -4.91. The van der Waals surface area contributed by atoms with Gasteiger partial charge in [-0.2, -0.15) is 5.26 Å². The number of rotatable bonds is 6. The van der Waals surface area contributed by atoms with Crippen LogP contribution >= 0.6 is 0 Å². The van der Waals surface area contributed by atoms with Gasteiger partial charge >= 0.3 is 6.01 Å². The fraction of sp³-hybridized carbons (Fsp3) is 0.222. The lowest BCUT2D eigenvalue weighted by Crippen LogP contribution is -2.28. The number of nitrogens with one attached hydrogen (secondary N) is 1. The van der Waals surface area contributed by atoms with Crippen molar-refractivity contribution in [1.82, 2.24) is 29.5 Å². The minimum Gasteiger partial charge on any atom is -0.467 e. The number of benzene rings is 2. The molecule has 1 atom stereocenters. The number of fused-ring (bicyclic) bond motifs is 2. The van der Waals surface area contributed by atoms with Crippen molar-refractivity contribution in [3.8, 4) is 23.2 Å². The molecule has 182 valence electrons. The van der Waals surface area contributed by atoms with E-state index in [0.717, 1.165) is 29.3 Å². The third kappa shape index (κ3) is 4.00. The number of aromatic nitrogens is 6. The highest BCUT2D eigenvalue weighted by atomic mass is 16.5. The lowest BCUT2D eigenvalue weighted by Gasteiger charge is -2.21. The van der Waals surface area contributed by atoms with Gasteiger partial charge in [0.05, 0.1) is 41.2 Å². The van der Waals surface area contributed by atoms with Gasteiger partial charge in [0, 0.05) is 29.4 Å². The fourth-order valence-corrected chi connectivity index (χ4v) is 4.56. The third-order valence-electron chi connectivity index (χ3n) is 6.50. The number of methoxy groups -OCH3 is 1. The van der Waals surface area contributed by atoms with Crippen molar-refractivity contribution in [1.29, 1.82) is 5.26 Å². The average Bonchev–Trinajstić information content (AvgIpc) is 3.78. The van der Waals surface area contributed by atoms with Gasteiger partial charge in [0.1, 0.15) is 18.0 Å². The van der Waals surface area contributed by atoms with E-state index in [1.54, 1.807) is 35.2 Å². The second-order valence-corrected chi connectivity index (χ2v) is 8.97. The Morgan fingerprint density at radius 1 is 1.11 bits per heavy atom. The van der Waals surface area contributed by atoms with Gasteiger partial charge in [-0.25, -0.2) is 24.9 Å². The second-order valence-electron chi connectivity index (χ2n) is 8.97. The molecule has 1 fully saturated rings. The van der Waals surface area contributed by atoms with Gasteiger partial charge in [0.2, 0.25) is 0 Å². The van der Waals surface area contributed by atoms with Crippen LogP contribution in [0.5, 0.6) is 6.01 Å². The predicted molar refractivity (Wildman–Crippen MR) is 138 cm³/mol. The highest BCUT2D eigenvalue weighted by Gasteiger charge is 2.31. The summed E-state index contributed by atoms with van der Waals surface area (Å²) >= 11 is 0.